The van der Waals surface area contributed by atoms with Crippen LogP contribution in [0.4, 0.5) is 0 Å². The lowest BCUT2D eigenvalue weighted by Crippen LogP contribution is -2.01. The van der Waals surface area contributed by atoms with Crippen molar-refractivity contribution in [3.8, 4) is 45.3 Å². The van der Waals surface area contributed by atoms with Crippen molar-refractivity contribution in [3.63, 3.8) is 0 Å². The molecule has 4 aromatic heterocycles. The Morgan fingerprint density at radius 1 is 0.373 bits per heavy atom. The van der Waals surface area contributed by atoms with Crippen molar-refractivity contribution >= 4 is 75.4 Å². The van der Waals surface area contributed by atoms with E-state index in [1.165, 1.54) is 20.2 Å². The summed E-state index contributed by atoms with van der Waals surface area (Å²) in [5.74, 6) is 1.77. The number of nitrogens with zero attached hydrogens (tertiary/aromatic N) is 3. The van der Waals surface area contributed by atoms with Gasteiger partial charge in [-0.2, -0.15) is 0 Å². The Kier molecular flexibility index (Phi) is 6.05. The van der Waals surface area contributed by atoms with E-state index in [9.17, 15) is 0 Å². The second kappa shape index (κ2) is 10.9. The minimum absolute atomic E-state index is 0.583. The third kappa shape index (κ3) is 4.43. The molecule has 0 spiro atoms. The van der Waals surface area contributed by atoms with Crippen LogP contribution in [0, 0.1) is 0 Å². The molecule has 0 unspecified atom stereocenters. The Balaban J connectivity index is 1.21. The Bertz CT molecular complexity index is 3160. The summed E-state index contributed by atoms with van der Waals surface area (Å²) in [6.07, 6.45) is 0. The number of aromatic nitrogens is 3. The number of rotatable bonds is 4. The van der Waals surface area contributed by atoms with Gasteiger partial charge in [0, 0.05) is 58.4 Å². The Labute approximate surface area is 295 Å². The molecule has 51 heavy (non-hydrogen) atoms. The maximum atomic E-state index is 6.45. The van der Waals surface area contributed by atoms with Crippen molar-refractivity contribution in [1.29, 1.82) is 0 Å². The van der Waals surface area contributed by atoms with Crippen LogP contribution in [0.25, 0.3) is 109 Å². The molecule has 0 atom stereocenters. The molecule has 0 N–H and O–H groups in total. The van der Waals surface area contributed by atoms with E-state index in [-0.39, 0.29) is 0 Å². The van der Waals surface area contributed by atoms with Crippen molar-refractivity contribution in [2.75, 3.05) is 0 Å². The largest absolute Gasteiger partial charge is 0.456 e. The van der Waals surface area contributed by atoms with Crippen LogP contribution >= 0.6 is 11.3 Å². The molecule has 0 aliphatic rings. The first-order valence-corrected chi connectivity index (χ1v) is 17.7. The van der Waals surface area contributed by atoms with Gasteiger partial charge in [-0.1, -0.05) is 97.1 Å². The van der Waals surface area contributed by atoms with E-state index >= 15 is 0 Å². The van der Waals surface area contributed by atoms with E-state index in [1.54, 1.807) is 0 Å². The molecule has 11 rings (SSSR count). The maximum absolute atomic E-state index is 6.45. The highest BCUT2D eigenvalue weighted by Crippen LogP contribution is 2.44. The fraction of sp³-hybridized carbons (Fsp3) is 0. The summed E-state index contributed by atoms with van der Waals surface area (Å²) in [5.41, 5.74) is 8.10. The molecular weight excluding hydrogens is 647 g/mol. The van der Waals surface area contributed by atoms with Gasteiger partial charge in [0.2, 0.25) is 0 Å². The summed E-state index contributed by atoms with van der Waals surface area (Å²) in [5, 5.41) is 6.60. The minimum Gasteiger partial charge on any atom is -0.456 e. The molecular formula is C45H25N3O2S. The molecule has 0 amide bonds. The highest BCUT2D eigenvalue weighted by molar-refractivity contribution is 7.25. The summed E-state index contributed by atoms with van der Waals surface area (Å²) in [7, 11) is 0. The van der Waals surface area contributed by atoms with Crippen molar-refractivity contribution in [1.82, 2.24) is 15.0 Å². The zero-order valence-corrected chi connectivity index (χ0v) is 27.8. The maximum Gasteiger partial charge on any atom is 0.165 e. The molecule has 238 valence electrons. The lowest BCUT2D eigenvalue weighted by atomic mass is 9.94. The number of para-hydroxylation sites is 2. The van der Waals surface area contributed by atoms with Crippen molar-refractivity contribution in [2.24, 2.45) is 0 Å². The SMILES string of the molecule is c1ccc(-c2nc(-c3ccc4oc5ccccc5c4c3)nc(-c3c(-c4ccc5c(c4)sc4ccccc45)ccc4oc5ccccc5c34)n2)cc1. The first-order chi connectivity index (χ1) is 25.2. The fourth-order valence-corrected chi connectivity index (χ4v) is 8.53. The monoisotopic (exact) mass is 671 g/mol. The molecule has 11 aromatic rings. The first kappa shape index (κ1) is 28.2. The molecule has 0 fully saturated rings. The number of hydrogen-bond donors (Lipinski definition) is 0. The van der Waals surface area contributed by atoms with Crippen LogP contribution in [0.3, 0.4) is 0 Å². The molecule has 0 bridgehead atoms. The van der Waals surface area contributed by atoms with E-state index in [1.807, 2.05) is 84.1 Å². The van der Waals surface area contributed by atoms with Crippen LogP contribution in [0.5, 0.6) is 0 Å². The molecule has 0 saturated heterocycles. The zero-order chi connectivity index (χ0) is 33.5. The van der Waals surface area contributed by atoms with Crippen molar-refractivity contribution in [2.45, 2.75) is 0 Å². The summed E-state index contributed by atoms with van der Waals surface area (Å²) in [4.78, 5) is 15.6. The van der Waals surface area contributed by atoms with Crippen LogP contribution in [0.2, 0.25) is 0 Å². The molecule has 6 heteroatoms. The minimum atomic E-state index is 0.583. The highest BCUT2D eigenvalue weighted by atomic mass is 32.1. The van der Waals surface area contributed by atoms with Crippen LogP contribution in [0.1, 0.15) is 0 Å². The predicted molar refractivity (Wildman–Crippen MR) is 209 cm³/mol. The lowest BCUT2D eigenvalue weighted by molar-refractivity contribution is 0.668. The lowest BCUT2D eigenvalue weighted by Gasteiger charge is -2.14. The Hall–Kier alpha value is -6.63. The van der Waals surface area contributed by atoms with Gasteiger partial charge in [-0.25, -0.2) is 15.0 Å². The number of thiophene rings is 1. The fourth-order valence-electron chi connectivity index (χ4n) is 7.38. The summed E-state index contributed by atoms with van der Waals surface area (Å²) >= 11 is 1.81. The number of benzene rings is 7. The third-order valence-electron chi connectivity index (χ3n) is 9.76. The van der Waals surface area contributed by atoms with Gasteiger partial charge in [0.1, 0.15) is 22.3 Å². The normalized spacial score (nSPS) is 11.9. The summed E-state index contributed by atoms with van der Waals surface area (Å²) < 4.78 is 15.1. The smallest absolute Gasteiger partial charge is 0.165 e. The van der Waals surface area contributed by atoms with Crippen LogP contribution in [-0.4, -0.2) is 15.0 Å². The number of furan rings is 2. The van der Waals surface area contributed by atoms with E-state index in [0.717, 1.165) is 71.7 Å². The van der Waals surface area contributed by atoms with E-state index < -0.39 is 0 Å². The first-order valence-electron chi connectivity index (χ1n) is 16.8. The number of hydrogen-bond acceptors (Lipinski definition) is 6. The van der Waals surface area contributed by atoms with Crippen LogP contribution in [-0.2, 0) is 0 Å². The van der Waals surface area contributed by atoms with Gasteiger partial charge < -0.3 is 8.83 Å². The second-order valence-corrected chi connectivity index (χ2v) is 13.8. The van der Waals surface area contributed by atoms with Gasteiger partial charge in [-0.15, -0.1) is 11.3 Å². The van der Waals surface area contributed by atoms with Gasteiger partial charge in [0.25, 0.3) is 0 Å². The average molecular weight is 672 g/mol. The second-order valence-electron chi connectivity index (χ2n) is 12.8. The van der Waals surface area contributed by atoms with Gasteiger partial charge in [-0.05, 0) is 65.7 Å². The molecule has 4 heterocycles. The molecule has 0 radical (unpaired) electrons. The van der Waals surface area contributed by atoms with Crippen LogP contribution < -0.4 is 0 Å². The highest BCUT2D eigenvalue weighted by Gasteiger charge is 2.23. The zero-order valence-electron chi connectivity index (χ0n) is 27.0. The Morgan fingerprint density at radius 2 is 0.980 bits per heavy atom. The van der Waals surface area contributed by atoms with Gasteiger partial charge in [0.15, 0.2) is 17.5 Å². The van der Waals surface area contributed by atoms with Gasteiger partial charge in [-0.3, -0.25) is 0 Å². The predicted octanol–water partition coefficient (Wildman–Crippen LogP) is 12.7. The van der Waals surface area contributed by atoms with Crippen molar-refractivity contribution in [3.05, 3.63) is 152 Å². The average Bonchev–Trinajstić information content (AvgIpc) is 3.88. The van der Waals surface area contributed by atoms with E-state index in [4.69, 9.17) is 23.8 Å². The molecule has 0 aliphatic heterocycles. The molecule has 0 saturated carbocycles. The van der Waals surface area contributed by atoms with Crippen molar-refractivity contribution < 1.29 is 8.83 Å². The van der Waals surface area contributed by atoms with Gasteiger partial charge in [0.05, 0.1) is 0 Å². The quantitative estimate of drug-likeness (QED) is 0.186. The summed E-state index contributed by atoms with van der Waals surface area (Å²) in [6, 6.07) is 52.1. The van der Waals surface area contributed by atoms with E-state index in [0.29, 0.717) is 17.5 Å². The van der Waals surface area contributed by atoms with Crippen LogP contribution in [0.15, 0.2) is 160 Å². The molecule has 0 aliphatic carbocycles. The van der Waals surface area contributed by atoms with Gasteiger partial charge >= 0.3 is 0 Å². The standard InChI is InChI=1S/C45H25N3O2S/c1-2-10-26(11-3-1)43-46-44(28-19-22-37-34(24-28)30-12-4-7-15-35(30)49-37)48-45(47-43)42-29(21-23-38-41(42)33-14-5-8-16-36(33)50-38)27-18-20-32-31-13-6-9-17-39(31)51-40(32)25-27/h1-25H. The number of fused-ring (bicyclic) bond motifs is 9. The topological polar surface area (TPSA) is 65.0 Å². The third-order valence-corrected chi connectivity index (χ3v) is 10.9. The summed E-state index contributed by atoms with van der Waals surface area (Å²) in [6.45, 7) is 0. The molecule has 7 aromatic carbocycles. The molecule has 5 nitrogen and oxygen atoms in total. The van der Waals surface area contributed by atoms with E-state index in [2.05, 4.69) is 78.9 Å². The Morgan fingerprint density at radius 3 is 1.84 bits per heavy atom.